The van der Waals surface area contributed by atoms with Crippen molar-refractivity contribution in [3.05, 3.63) is 54.6 Å². The van der Waals surface area contributed by atoms with Gasteiger partial charge in [-0.25, -0.2) is 0 Å². The maximum Gasteiger partial charge on any atom is 0.251 e. The van der Waals surface area contributed by atoms with Crippen molar-refractivity contribution in [2.45, 2.75) is 61.6 Å². The maximum absolute atomic E-state index is 14.7. The largest absolute Gasteiger partial charge is 0.394 e. The third kappa shape index (κ3) is 4.93. The third-order valence-electron chi connectivity index (χ3n) is 8.56. The lowest BCUT2D eigenvalue weighted by Crippen LogP contribution is -2.58. The monoisotopic (exact) mass is 573 g/mol. The Morgan fingerprint density at radius 2 is 1.82 bits per heavy atom. The average Bonchev–Trinajstić information content (AvgIpc) is 3.46. The van der Waals surface area contributed by atoms with Crippen LogP contribution in [0.1, 0.15) is 40.0 Å². The van der Waals surface area contributed by atoms with E-state index in [1.165, 1.54) is 0 Å². The summed E-state index contributed by atoms with van der Waals surface area (Å²) in [6.07, 6.45) is 5.27. The van der Waals surface area contributed by atoms with Crippen LogP contribution in [0, 0.1) is 17.8 Å². The molecule has 2 bridgehead atoms. The first kappa shape index (κ1) is 29.7. The molecule has 7 nitrogen and oxygen atoms in total. The van der Waals surface area contributed by atoms with E-state index < -0.39 is 33.4 Å². The second-order valence-corrected chi connectivity index (χ2v) is 14.0. The van der Waals surface area contributed by atoms with Gasteiger partial charge in [0.1, 0.15) is 6.04 Å². The number of hydrogen-bond donors (Lipinski definition) is 1. The molecule has 3 saturated heterocycles. The van der Waals surface area contributed by atoms with Gasteiger partial charge in [0.15, 0.2) is 0 Å². The first-order valence-electron chi connectivity index (χ1n) is 13.6. The molecule has 0 aliphatic carbocycles. The zero-order valence-corrected chi connectivity index (χ0v) is 24.9. The normalized spacial score (nSPS) is 29.9. The molecule has 3 heterocycles. The molecular formula is C30H40ClN3O4S. The van der Waals surface area contributed by atoms with Crippen LogP contribution < -0.4 is 4.90 Å². The SMILES string of the molecule is C=CCN(C)C(=O)[C@@H]1[C@H]2C(=O)N([C@@H](CO)CC(C)C)C(C(=O)N(CC=C)c3ccc(Cl)cc3)C23CC[C@@]1(C)S3. The van der Waals surface area contributed by atoms with Gasteiger partial charge in [-0.2, -0.15) is 0 Å². The van der Waals surface area contributed by atoms with Crippen molar-refractivity contribution in [2.75, 3.05) is 31.6 Å². The van der Waals surface area contributed by atoms with Crippen LogP contribution >= 0.6 is 23.4 Å². The van der Waals surface area contributed by atoms with E-state index in [2.05, 4.69) is 20.1 Å². The molecule has 0 aromatic heterocycles. The first-order chi connectivity index (χ1) is 18.5. The van der Waals surface area contributed by atoms with Crippen molar-refractivity contribution in [1.29, 1.82) is 0 Å². The number of nitrogens with zero attached hydrogens (tertiary/aromatic N) is 3. The molecule has 4 rings (SSSR count). The lowest BCUT2D eigenvalue weighted by molar-refractivity contribution is -0.146. The minimum Gasteiger partial charge on any atom is -0.394 e. The summed E-state index contributed by atoms with van der Waals surface area (Å²) in [7, 11) is 1.73. The van der Waals surface area contributed by atoms with Crippen molar-refractivity contribution < 1.29 is 19.5 Å². The van der Waals surface area contributed by atoms with E-state index in [-0.39, 0.29) is 36.8 Å². The standard InChI is InChI=1S/C30H40ClN3O4S/c1-7-15-32(6)26(36)23-24-27(37)34(22(18-35)17-19(3)4)25(30(24)14-13-29(23,5)39-30)28(38)33(16-8-2)21-11-9-20(31)10-12-21/h7-12,19,22-25,35H,1-2,13-18H2,3-6H3/t22-,23+,24+,25?,29-,30?/m1/s1. The van der Waals surface area contributed by atoms with Gasteiger partial charge in [0, 0.05) is 35.6 Å². The summed E-state index contributed by atoms with van der Waals surface area (Å²) in [5, 5.41) is 11.1. The fourth-order valence-electron chi connectivity index (χ4n) is 6.97. The smallest absolute Gasteiger partial charge is 0.251 e. The van der Waals surface area contributed by atoms with E-state index in [4.69, 9.17) is 11.6 Å². The maximum atomic E-state index is 14.7. The number of aliphatic hydroxyl groups is 1. The van der Waals surface area contributed by atoms with Crippen LogP contribution in [-0.4, -0.2) is 80.9 Å². The van der Waals surface area contributed by atoms with Crippen molar-refractivity contribution in [1.82, 2.24) is 9.80 Å². The number of aliphatic hydroxyl groups excluding tert-OH is 1. The Balaban J connectivity index is 1.85. The average molecular weight is 574 g/mol. The van der Waals surface area contributed by atoms with Gasteiger partial charge in [0.2, 0.25) is 11.8 Å². The highest BCUT2D eigenvalue weighted by Crippen LogP contribution is 2.72. The van der Waals surface area contributed by atoms with E-state index in [1.54, 1.807) is 69.9 Å². The molecule has 6 atom stereocenters. The zero-order valence-electron chi connectivity index (χ0n) is 23.3. The molecule has 3 aliphatic heterocycles. The van der Waals surface area contributed by atoms with Crippen molar-refractivity contribution in [3.8, 4) is 0 Å². The molecule has 0 radical (unpaired) electrons. The van der Waals surface area contributed by atoms with Gasteiger partial charge < -0.3 is 19.8 Å². The zero-order chi connectivity index (χ0) is 28.7. The number of likely N-dealkylation sites (tertiary alicyclic amines) is 1. The molecule has 1 N–H and O–H groups in total. The summed E-state index contributed by atoms with van der Waals surface area (Å²) in [6, 6.07) is 5.68. The number of amides is 3. The second-order valence-electron chi connectivity index (χ2n) is 11.7. The highest BCUT2D eigenvalue weighted by atomic mass is 35.5. The molecule has 2 unspecified atom stereocenters. The van der Waals surface area contributed by atoms with E-state index in [0.717, 1.165) is 6.42 Å². The Labute approximate surface area is 241 Å². The third-order valence-corrected chi connectivity index (χ3v) is 10.8. The molecule has 212 valence electrons. The summed E-state index contributed by atoms with van der Waals surface area (Å²) in [5.74, 6) is -1.53. The number of likely N-dealkylation sites (N-methyl/N-ethyl adjacent to an activating group) is 1. The summed E-state index contributed by atoms with van der Waals surface area (Å²) >= 11 is 7.77. The number of rotatable bonds is 11. The highest BCUT2D eigenvalue weighted by Gasteiger charge is 2.78. The number of hydrogen-bond acceptors (Lipinski definition) is 5. The van der Waals surface area contributed by atoms with E-state index >= 15 is 0 Å². The predicted molar refractivity (Wildman–Crippen MR) is 158 cm³/mol. The van der Waals surface area contributed by atoms with Crippen molar-refractivity contribution >= 4 is 46.8 Å². The van der Waals surface area contributed by atoms with E-state index in [0.29, 0.717) is 30.1 Å². The minimum atomic E-state index is -0.823. The quantitative estimate of drug-likeness (QED) is 0.397. The molecule has 3 aliphatic rings. The van der Waals surface area contributed by atoms with Crippen molar-refractivity contribution in [2.24, 2.45) is 17.8 Å². The van der Waals surface area contributed by atoms with E-state index in [9.17, 15) is 19.5 Å². The molecule has 3 amide bonds. The summed E-state index contributed by atoms with van der Waals surface area (Å²) in [6.45, 7) is 14.1. The van der Waals surface area contributed by atoms with Crippen LogP contribution in [0.3, 0.4) is 0 Å². The second kappa shape index (κ2) is 11.3. The van der Waals surface area contributed by atoms with Gasteiger partial charge in [0.25, 0.3) is 5.91 Å². The lowest BCUT2D eigenvalue weighted by Gasteiger charge is -2.40. The highest BCUT2D eigenvalue weighted by molar-refractivity contribution is 8.02. The number of thioether (sulfide) groups is 1. The fraction of sp³-hybridized carbons (Fsp3) is 0.567. The van der Waals surface area contributed by atoms with Gasteiger partial charge in [-0.05, 0) is 56.4 Å². The Bertz CT molecular complexity index is 1140. The molecule has 1 spiro atoms. The molecular weight excluding hydrogens is 534 g/mol. The number of halogens is 1. The van der Waals surface area contributed by atoms with Gasteiger partial charge in [0.05, 0.1) is 29.2 Å². The van der Waals surface area contributed by atoms with E-state index in [1.807, 2.05) is 13.8 Å². The number of benzene rings is 1. The molecule has 39 heavy (non-hydrogen) atoms. The Morgan fingerprint density at radius 3 is 2.38 bits per heavy atom. The molecule has 1 aromatic rings. The fourth-order valence-corrected chi connectivity index (χ4v) is 9.43. The minimum absolute atomic E-state index is 0.0945. The number of carbonyl (C=O) groups excluding carboxylic acids is 3. The van der Waals surface area contributed by atoms with Crippen LogP contribution in [0.2, 0.25) is 5.02 Å². The Kier molecular flexibility index (Phi) is 8.60. The number of fused-ring (bicyclic) bond motifs is 1. The summed E-state index contributed by atoms with van der Waals surface area (Å²) in [5.41, 5.74) is 0.656. The Morgan fingerprint density at radius 1 is 1.18 bits per heavy atom. The van der Waals surface area contributed by atoms with Crippen LogP contribution in [0.15, 0.2) is 49.6 Å². The van der Waals surface area contributed by atoms with Gasteiger partial charge in [-0.15, -0.1) is 24.9 Å². The summed E-state index contributed by atoms with van der Waals surface area (Å²) in [4.78, 5) is 47.9. The topological polar surface area (TPSA) is 81.2 Å². The molecule has 0 saturated carbocycles. The molecule has 1 aromatic carbocycles. The van der Waals surface area contributed by atoms with Crippen LogP contribution in [0.25, 0.3) is 0 Å². The molecule has 9 heteroatoms. The number of carbonyl (C=O) groups is 3. The van der Waals surface area contributed by atoms with Gasteiger partial charge in [-0.1, -0.05) is 37.6 Å². The van der Waals surface area contributed by atoms with Gasteiger partial charge >= 0.3 is 0 Å². The molecule has 3 fully saturated rings. The van der Waals surface area contributed by atoms with Crippen LogP contribution in [0.5, 0.6) is 0 Å². The first-order valence-corrected chi connectivity index (χ1v) is 14.8. The van der Waals surface area contributed by atoms with Crippen molar-refractivity contribution in [3.63, 3.8) is 0 Å². The van der Waals surface area contributed by atoms with Crippen LogP contribution in [0.4, 0.5) is 5.69 Å². The predicted octanol–water partition coefficient (Wildman–Crippen LogP) is 4.39. The Hall–Kier alpha value is -2.29. The number of anilines is 1. The summed E-state index contributed by atoms with van der Waals surface area (Å²) < 4.78 is -1.23. The van der Waals surface area contributed by atoms with Gasteiger partial charge in [-0.3, -0.25) is 14.4 Å². The van der Waals surface area contributed by atoms with Crippen LogP contribution in [-0.2, 0) is 14.4 Å². The lowest BCUT2D eigenvalue weighted by atomic mass is 9.66.